The summed E-state index contributed by atoms with van der Waals surface area (Å²) in [6, 6.07) is 39.6. The lowest BCUT2D eigenvalue weighted by Gasteiger charge is -2.32. The van der Waals surface area contributed by atoms with Gasteiger partial charge in [-0.2, -0.15) is 0 Å². The van der Waals surface area contributed by atoms with Crippen molar-refractivity contribution in [2.24, 2.45) is 5.92 Å². The summed E-state index contributed by atoms with van der Waals surface area (Å²) in [4.78, 5) is 18.0. The maximum atomic E-state index is 13.6. The van der Waals surface area contributed by atoms with Crippen LogP contribution in [0.3, 0.4) is 0 Å². The first-order valence-corrected chi connectivity index (χ1v) is 13.5. The molecule has 1 aliphatic heterocycles. The lowest BCUT2D eigenvalue weighted by molar-refractivity contribution is 0.0730. The van der Waals surface area contributed by atoms with E-state index in [0.717, 1.165) is 42.2 Å². The van der Waals surface area contributed by atoms with Crippen LogP contribution in [-0.4, -0.2) is 28.8 Å². The van der Waals surface area contributed by atoms with Crippen LogP contribution in [0.2, 0.25) is 0 Å². The van der Waals surface area contributed by atoms with Crippen molar-refractivity contribution in [3.8, 4) is 0 Å². The van der Waals surface area contributed by atoms with Crippen molar-refractivity contribution < 1.29 is 4.79 Å². The fourth-order valence-corrected chi connectivity index (χ4v) is 5.30. The first-order chi connectivity index (χ1) is 18.2. The fraction of sp³-hybridized carbons (Fsp3) is 0.265. The Kier molecular flexibility index (Phi) is 8.45. The van der Waals surface area contributed by atoms with Crippen LogP contribution in [0, 0.1) is 5.92 Å². The van der Waals surface area contributed by atoms with E-state index in [9.17, 15) is 4.79 Å². The average Bonchev–Trinajstić information content (AvgIpc) is 2.95. The molecule has 4 aromatic carbocycles. The summed E-state index contributed by atoms with van der Waals surface area (Å²) in [5, 5.41) is 0. The molecule has 3 heteroatoms. The van der Waals surface area contributed by atoms with Crippen LogP contribution in [-0.2, 0) is 26.1 Å². The molecule has 4 aromatic rings. The highest BCUT2D eigenvalue weighted by molar-refractivity contribution is 5.94. The van der Waals surface area contributed by atoms with Gasteiger partial charge in [-0.3, -0.25) is 9.69 Å². The highest BCUT2D eigenvalue weighted by atomic mass is 16.2. The minimum atomic E-state index is 0.0704. The molecule has 5 rings (SSSR count). The van der Waals surface area contributed by atoms with Crippen molar-refractivity contribution >= 4 is 5.91 Å². The Hall–Kier alpha value is -3.69. The largest absolute Gasteiger partial charge is 0.330 e. The normalized spacial score (nSPS) is 14.4. The van der Waals surface area contributed by atoms with Crippen LogP contribution in [0.1, 0.15) is 45.5 Å². The maximum Gasteiger partial charge on any atom is 0.254 e. The predicted octanol–water partition coefficient (Wildman–Crippen LogP) is 6.98. The Labute approximate surface area is 221 Å². The zero-order valence-corrected chi connectivity index (χ0v) is 21.5. The Balaban J connectivity index is 1.19. The number of amides is 1. The zero-order chi connectivity index (χ0) is 25.3. The van der Waals surface area contributed by atoms with Gasteiger partial charge in [0, 0.05) is 25.2 Å². The average molecular weight is 489 g/mol. The molecule has 1 amide bonds. The summed E-state index contributed by atoms with van der Waals surface area (Å²) in [5.74, 6) is 0.847. The molecule has 0 aliphatic carbocycles. The number of hydrogen-bond acceptors (Lipinski definition) is 2. The van der Waals surface area contributed by atoms with E-state index in [1.54, 1.807) is 0 Å². The number of piperidine rings is 1. The van der Waals surface area contributed by atoms with Crippen molar-refractivity contribution in [2.45, 2.75) is 38.9 Å². The van der Waals surface area contributed by atoms with Crippen LogP contribution in [0.5, 0.6) is 0 Å². The molecule has 0 unspecified atom stereocenters. The van der Waals surface area contributed by atoms with Gasteiger partial charge in [0.15, 0.2) is 0 Å². The zero-order valence-electron chi connectivity index (χ0n) is 21.5. The SMILES string of the molecule is O=C(c1ccc(CN2CCC(Cc3ccccc3)CC2)cc1)N(Cc1ccccc1)Cc1ccccc1. The van der Waals surface area contributed by atoms with Crippen molar-refractivity contribution in [2.75, 3.05) is 13.1 Å². The van der Waals surface area contributed by atoms with E-state index in [-0.39, 0.29) is 5.91 Å². The van der Waals surface area contributed by atoms with E-state index in [1.807, 2.05) is 53.4 Å². The van der Waals surface area contributed by atoms with Crippen molar-refractivity contribution in [1.29, 1.82) is 0 Å². The molecule has 37 heavy (non-hydrogen) atoms. The molecule has 0 spiro atoms. The summed E-state index contributed by atoms with van der Waals surface area (Å²) in [6.45, 7) is 4.41. The first-order valence-electron chi connectivity index (χ1n) is 13.5. The molecular weight excluding hydrogens is 452 g/mol. The summed E-state index contributed by atoms with van der Waals surface area (Å²) < 4.78 is 0. The Morgan fingerprint density at radius 1 is 0.622 bits per heavy atom. The van der Waals surface area contributed by atoms with Gasteiger partial charge in [-0.25, -0.2) is 0 Å². The van der Waals surface area contributed by atoms with Gasteiger partial charge in [0.25, 0.3) is 5.91 Å². The highest BCUT2D eigenvalue weighted by Gasteiger charge is 2.20. The summed E-state index contributed by atoms with van der Waals surface area (Å²) >= 11 is 0. The molecule has 1 saturated heterocycles. The number of nitrogens with zero attached hydrogens (tertiary/aromatic N) is 2. The van der Waals surface area contributed by atoms with E-state index in [4.69, 9.17) is 0 Å². The molecule has 0 atom stereocenters. The minimum absolute atomic E-state index is 0.0704. The Morgan fingerprint density at radius 2 is 1.11 bits per heavy atom. The van der Waals surface area contributed by atoms with Crippen LogP contribution in [0.4, 0.5) is 0 Å². The number of carbonyl (C=O) groups excluding carboxylic acids is 1. The third-order valence-corrected chi connectivity index (χ3v) is 7.40. The topological polar surface area (TPSA) is 23.6 Å². The second-order valence-electron chi connectivity index (χ2n) is 10.2. The summed E-state index contributed by atoms with van der Waals surface area (Å²) in [7, 11) is 0. The van der Waals surface area contributed by atoms with Crippen LogP contribution in [0.15, 0.2) is 115 Å². The summed E-state index contributed by atoms with van der Waals surface area (Å²) in [6.07, 6.45) is 3.69. The quantitative estimate of drug-likeness (QED) is 0.254. The van der Waals surface area contributed by atoms with E-state index in [1.165, 1.54) is 30.4 Å². The predicted molar refractivity (Wildman–Crippen MR) is 151 cm³/mol. The number of carbonyl (C=O) groups is 1. The molecule has 1 aliphatic rings. The van der Waals surface area contributed by atoms with Crippen LogP contribution >= 0.6 is 0 Å². The standard InChI is InChI=1S/C34H36N2O/c37-34(36(26-30-12-6-2-7-13-30)27-31-14-8-3-9-15-31)33-18-16-32(17-19-33)25-35-22-20-29(21-23-35)24-28-10-4-1-5-11-28/h1-19,29H,20-27H2. The smallest absolute Gasteiger partial charge is 0.254 e. The molecule has 0 radical (unpaired) electrons. The lowest BCUT2D eigenvalue weighted by Crippen LogP contribution is -2.34. The molecule has 0 aromatic heterocycles. The monoisotopic (exact) mass is 488 g/mol. The number of likely N-dealkylation sites (tertiary alicyclic amines) is 1. The molecule has 0 saturated carbocycles. The van der Waals surface area contributed by atoms with Gasteiger partial charge in [-0.1, -0.05) is 103 Å². The van der Waals surface area contributed by atoms with Crippen LogP contribution < -0.4 is 0 Å². The van der Waals surface area contributed by atoms with Crippen molar-refractivity contribution in [1.82, 2.24) is 9.80 Å². The van der Waals surface area contributed by atoms with Gasteiger partial charge < -0.3 is 4.90 Å². The van der Waals surface area contributed by atoms with E-state index in [0.29, 0.717) is 13.1 Å². The van der Waals surface area contributed by atoms with Gasteiger partial charge >= 0.3 is 0 Å². The molecule has 1 fully saturated rings. The van der Waals surface area contributed by atoms with Gasteiger partial charge in [0.1, 0.15) is 0 Å². The first kappa shape index (κ1) is 25.0. The van der Waals surface area contributed by atoms with E-state index in [2.05, 4.69) is 71.6 Å². The third-order valence-electron chi connectivity index (χ3n) is 7.40. The van der Waals surface area contributed by atoms with Gasteiger partial charge in [-0.15, -0.1) is 0 Å². The molecule has 3 nitrogen and oxygen atoms in total. The number of benzene rings is 4. The van der Waals surface area contributed by atoms with Crippen LogP contribution in [0.25, 0.3) is 0 Å². The Morgan fingerprint density at radius 3 is 1.62 bits per heavy atom. The Bertz CT molecular complexity index is 1190. The summed E-state index contributed by atoms with van der Waals surface area (Å²) in [5.41, 5.74) is 5.75. The highest BCUT2D eigenvalue weighted by Crippen LogP contribution is 2.23. The van der Waals surface area contributed by atoms with E-state index >= 15 is 0 Å². The second-order valence-corrected chi connectivity index (χ2v) is 10.2. The number of hydrogen-bond donors (Lipinski definition) is 0. The molecule has 188 valence electrons. The van der Waals surface area contributed by atoms with Gasteiger partial charge in [0.2, 0.25) is 0 Å². The fourth-order valence-electron chi connectivity index (χ4n) is 5.30. The molecule has 0 bridgehead atoms. The van der Waals surface area contributed by atoms with Gasteiger partial charge in [0.05, 0.1) is 0 Å². The molecule has 1 heterocycles. The molecular formula is C34H36N2O. The second kappa shape index (κ2) is 12.5. The number of rotatable bonds is 9. The van der Waals surface area contributed by atoms with Crippen molar-refractivity contribution in [3.63, 3.8) is 0 Å². The lowest BCUT2D eigenvalue weighted by atomic mass is 9.90. The maximum absolute atomic E-state index is 13.6. The van der Waals surface area contributed by atoms with Crippen molar-refractivity contribution in [3.05, 3.63) is 143 Å². The molecule has 0 N–H and O–H groups in total. The van der Waals surface area contributed by atoms with E-state index < -0.39 is 0 Å². The van der Waals surface area contributed by atoms with Gasteiger partial charge in [-0.05, 0) is 72.7 Å². The third kappa shape index (κ3) is 7.18. The minimum Gasteiger partial charge on any atom is -0.330 e.